The number of hydrogen-bond donors (Lipinski definition) is 0. The Morgan fingerprint density at radius 3 is 2.88 bits per heavy atom. The van der Waals surface area contributed by atoms with Crippen molar-refractivity contribution in [3.05, 3.63) is 51.5 Å². The normalized spacial score (nSPS) is 16.3. The second-order valence-corrected chi connectivity index (χ2v) is 6.70. The van der Waals surface area contributed by atoms with E-state index >= 15 is 0 Å². The molecule has 1 aromatic heterocycles. The van der Waals surface area contributed by atoms with Gasteiger partial charge in [0.1, 0.15) is 5.82 Å². The van der Waals surface area contributed by atoms with Gasteiger partial charge in [0.15, 0.2) is 0 Å². The van der Waals surface area contributed by atoms with Crippen molar-refractivity contribution in [2.75, 3.05) is 7.05 Å². The minimum absolute atomic E-state index is 0.143. The fraction of sp³-hybridized carbons (Fsp3) is 0.353. The quantitative estimate of drug-likeness (QED) is 0.774. The molecular formula is C17H17Cl2FN4O2. The molecule has 0 saturated carbocycles. The third kappa shape index (κ3) is 3.54. The number of likely N-dealkylation sites (N-methyl/N-ethyl adjacent to an activating group) is 1. The molecule has 2 heterocycles. The number of halogens is 3. The highest BCUT2D eigenvalue weighted by molar-refractivity contribution is 6.34. The van der Waals surface area contributed by atoms with Gasteiger partial charge >= 0.3 is 0 Å². The fourth-order valence-electron chi connectivity index (χ4n) is 2.80. The molecule has 1 aromatic carbocycles. The van der Waals surface area contributed by atoms with Crippen LogP contribution in [0.4, 0.5) is 4.39 Å². The summed E-state index contributed by atoms with van der Waals surface area (Å²) in [6, 6.07) is 4.37. The average molecular weight is 399 g/mol. The third-order valence-corrected chi connectivity index (χ3v) is 4.79. The Bertz CT molecular complexity index is 848. The monoisotopic (exact) mass is 398 g/mol. The van der Waals surface area contributed by atoms with Crippen molar-refractivity contribution >= 4 is 34.8 Å². The number of hydrogen-bond acceptors (Lipinski definition) is 4. The minimum atomic E-state index is -0.831. The van der Waals surface area contributed by atoms with Gasteiger partial charge in [0.05, 0.1) is 39.8 Å². The van der Waals surface area contributed by atoms with Crippen LogP contribution >= 0.6 is 23.2 Å². The zero-order valence-corrected chi connectivity index (χ0v) is 15.8. The number of carbonyl (C=O) groups excluding carboxylic acids is 1. The summed E-state index contributed by atoms with van der Waals surface area (Å²) in [7, 11) is 1.64. The van der Waals surface area contributed by atoms with Crippen molar-refractivity contribution in [3.63, 3.8) is 0 Å². The number of carbonyl (C=O) groups is 1. The number of oxime groups is 1. The van der Waals surface area contributed by atoms with E-state index in [0.29, 0.717) is 17.3 Å². The predicted molar refractivity (Wildman–Crippen MR) is 96.8 cm³/mol. The van der Waals surface area contributed by atoms with Crippen LogP contribution in [0.1, 0.15) is 24.6 Å². The van der Waals surface area contributed by atoms with E-state index in [1.807, 2.05) is 6.92 Å². The maximum Gasteiger partial charge on any atom is 0.267 e. The van der Waals surface area contributed by atoms with E-state index in [4.69, 9.17) is 28.0 Å². The molecule has 2 aromatic rings. The summed E-state index contributed by atoms with van der Waals surface area (Å²) in [5.41, 5.74) is 1.22. The van der Waals surface area contributed by atoms with Gasteiger partial charge in [0.25, 0.3) is 5.91 Å². The summed E-state index contributed by atoms with van der Waals surface area (Å²) in [6.45, 7) is 2.86. The molecule has 9 heteroatoms. The summed E-state index contributed by atoms with van der Waals surface area (Å²) >= 11 is 12.2. The molecule has 0 bridgehead atoms. The summed E-state index contributed by atoms with van der Waals surface area (Å²) < 4.78 is 15.8. The molecule has 1 unspecified atom stereocenters. The van der Waals surface area contributed by atoms with Crippen molar-refractivity contribution in [1.29, 1.82) is 0 Å². The first-order valence-corrected chi connectivity index (χ1v) is 8.80. The second kappa shape index (κ2) is 7.63. The zero-order chi connectivity index (χ0) is 18.8. The highest BCUT2D eigenvalue weighted by Crippen LogP contribution is 2.26. The molecule has 0 N–H and O–H groups in total. The molecule has 0 saturated heterocycles. The highest BCUT2D eigenvalue weighted by Gasteiger charge is 2.33. The number of amides is 1. The van der Waals surface area contributed by atoms with Crippen LogP contribution in [-0.4, -0.2) is 39.5 Å². The maximum absolute atomic E-state index is 14.0. The molecule has 26 heavy (non-hydrogen) atoms. The van der Waals surface area contributed by atoms with Gasteiger partial charge < -0.3 is 9.74 Å². The van der Waals surface area contributed by atoms with Crippen molar-refractivity contribution in [2.45, 2.75) is 32.5 Å². The number of nitrogens with zero attached hydrogens (tertiary/aromatic N) is 4. The average Bonchev–Trinajstić information content (AvgIpc) is 3.22. The van der Waals surface area contributed by atoms with Gasteiger partial charge in [-0.25, -0.2) is 4.39 Å². The van der Waals surface area contributed by atoms with Crippen LogP contribution in [0, 0.1) is 5.82 Å². The van der Waals surface area contributed by atoms with E-state index in [9.17, 15) is 9.18 Å². The molecule has 1 aliphatic rings. The van der Waals surface area contributed by atoms with Gasteiger partial charge in [0.2, 0.25) is 6.10 Å². The lowest BCUT2D eigenvalue weighted by molar-refractivity contribution is -0.141. The van der Waals surface area contributed by atoms with Crippen LogP contribution < -0.4 is 0 Å². The van der Waals surface area contributed by atoms with Crippen LogP contribution in [-0.2, 0) is 22.7 Å². The first-order chi connectivity index (χ1) is 12.4. The molecule has 3 rings (SSSR count). The molecule has 0 aliphatic carbocycles. The van der Waals surface area contributed by atoms with E-state index in [-0.39, 0.29) is 29.5 Å². The molecule has 1 aliphatic heterocycles. The van der Waals surface area contributed by atoms with Crippen molar-refractivity contribution in [2.24, 2.45) is 5.16 Å². The Labute approximate surface area is 160 Å². The molecule has 6 nitrogen and oxygen atoms in total. The van der Waals surface area contributed by atoms with Crippen LogP contribution in [0.3, 0.4) is 0 Å². The van der Waals surface area contributed by atoms with Crippen LogP contribution in [0.25, 0.3) is 0 Å². The lowest BCUT2D eigenvalue weighted by Gasteiger charge is -2.20. The fourth-order valence-corrected chi connectivity index (χ4v) is 3.27. The molecule has 0 radical (unpaired) electrons. The molecule has 138 valence electrons. The van der Waals surface area contributed by atoms with Gasteiger partial charge in [-0.2, -0.15) is 5.10 Å². The molecule has 1 atom stereocenters. The van der Waals surface area contributed by atoms with E-state index < -0.39 is 11.9 Å². The van der Waals surface area contributed by atoms with E-state index in [2.05, 4.69) is 10.3 Å². The van der Waals surface area contributed by atoms with Crippen LogP contribution in [0.15, 0.2) is 29.6 Å². The van der Waals surface area contributed by atoms with Crippen LogP contribution in [0.5, 0.6) is 0 Å². The SMILES string of the molecule is CCn1ncc(Cl)c1CN(C)C(=O)C1CC(c2c(F)cccc2Cl)=NO1. The van der Waals surface area contributed by atoms with Gasteiger partial charge in [-0.3, -0.25) is 9.48 Å². The molecule has 1 amide bonds. The second-order valence-electron chi connectivity index (χ2n) is 5.88. The van der Waals surface area contributed by atoms with Gasteiger partial charge in [0, 0.05) is 20.0 Å². The summed E-state index contributed by atoms with van der Waals surface area (Å²) in [5.74, 6) is -0.781. The molecular weight excluding hydrogens is 382 g/mol. The lowest BCUT2D eigenvalue weighted by atomic mass is 10.0. The third-order valence-electron chi connectivity index (χ3n) is 4.16. The summed E-state index contributed by atoms with van der Waals surface area (Å²) in [6.07, 6.45) is 0.860. The summed E-state index contributed by atoms with van der Waals surface area (Å²) in [5, 5.41) is 8.74. The Balaban J connectivity index is 1.69. The van der Waals surface area contributed by atoms with Gasteiger partial charge in [-0.05, 0) is 19.1 Å². The van der Waals surface area contributed by atoms with E-state index in [0.717, 1.165) is 5.69 Å². The maximum atomic E-state index is 14.0. The Kier molecular flexibility index (Phi) is 5.48. The zero-order valence-electron chi connectivity index (χ0n) is 14.2. The first kappa shape index (κ1) is 18.7. The van der Waals surface area contributed by atoms with E-state index in [1.54, 1.807) is 24.0 Å². The number of aromatic nitrogens is 2. The topological polar surface area (TPSA) is 59.7 Å². The van der Waals surface area contributed by atoms with Crippen LogP contribution in [0.2, 0.25) is 10.0 Å². The largest absolute Gasteiger partial charge is 0.382 e. The Morgan fingerprint density at radius 2 is 2.19 bits per heavy atom. The van der Waals surface area contributed by atoms with Crippen molar-refractivity contribution < 1.29 is 14.0 Å². The minimum Gasteiger partial charge on any atom is -0.382 e. The highest BCUT2D eigenvalue weighted by atomic mass is 35.5. The lowest BCUT2D eigenvalue weighted by Crippen LogP contribution is -2.36. The Morgan fingerprint density at radius 1 is 1.42 bits per heavy atom. The molecule has 0 fully saturated rings. The summed E-state index contributed by atoms with van der Waals surface area (Å²) in [4.78, 5) is 19.4. The van der Waals surface area contributed by atoms with Gasteiger partial charge in [-0.15, -0.1) is 0 Å². The molecule has 0 spiro atoms. The number of benzene rings is 1. The van der Waals surface area contributed by atoms with Gasteiger partial charge in [-0.1, -0.05) is 34.4 Å². The number of rotatable bonds is 5. The van der Waals surface area contributed by atoms with Crippen molar-refractivity contribution in [3.8, 4) is 0 Å². The standard InChI is InChI=1S/C17H17Cl2FN4O2/c1-3-24-14(11(19)8-21-24)9-23(2)17(25)15-7-13(22-26-15)16-10(18)5-4-6-12(16)20/h4-6,8,15H,3,7,9H2,1-2H3. The van der Waals surface area contributed by atoms with E-state index in [1.165, 1.54) is 17.0 Å². The predicted octanol–water partition coefficient (Wildman–Crippen LogP) is 3.50. The first-order valence-electron chi connectivity index (χ1n) is 8.04. The van der Waals surface area contributed by atoms with Crippen molar-refractivity contribution in [1.82, 2.24) is 14.7 Å². The number of aryl methyl sites for hydroxylation is 1. The Hall–Kier alpha value is -2.12. The smallest absolute Gasteiger partial charge is 0.267 e.